The van der Waals surface area contributed by atoms with Crippen LogP contribution in [0.5, 0.6) is 0 Å². The van der Waals surface area contributed by atoms with E-state index in [1.807, 2.05) is 6.92 Å². The van der Waals surface area contributed by atoms with Gasteiger partial charge in [0.2, 0.25) is 0 Å². The molecule has 2 atom stereocenters. The van der Waals surface area contributed by atoms with E-state index in [-0.39, 0.29) is 12.6 Å². The minimum Gasteiger partial charge on any atom is -0.395 e. The number of aliphatic hydroxyl groups is 1. The number of aliphatic hydroxyl groups excluding tert-OH is 1. The lowest BCUT2D eigenvalue weighted by molar-refractivity contribution is 0.0922. The van der Waals surface area contributed by atoms with Crippen molar-refractivity contribution < 1.29 is 13.9 Å². The molecule has 0 heterocycles. The summed E-state index contributed by atoms with van der Waals surface area (Å²) in [6.45, 7) is 3.16. The number of hydrogen-bond acceptors (Lipinski definition) is 2. The van der Waals surface area contributed by atoms with Crippen LogP contribution in [0.15, 0.2) is 0 Å². The van der Waals surface area contributed by atoms with Gasteiger partial charge in [-0.05, 0) is 13.3 Å². The van der Waals surface area contributed by atoms with Crippen molar-refractivity contribution in [3.63, 3.8) is 0 Å². The van der Waals surface area contributed by atoms with Gasteiger partial charge < -0.3 is 10.4 Å². The van der Waals surface area contributed by atoms with Crippen molar-refractivity contribution in [2.75, 3.05) is 6.61 Å². The molecule has 11 heavy (non-hydrogen) atoms. The molecule has 4 heteroatoms. The van der Waals surface area contributed by atoms with Crippen LogP contribution in [0, 0.1) is 0 Å². The minimum atomic E-state index is -2.37. The maximum absolute atomic E-state index is 11.9. The molecule has 0 spiro atoms. The summed E-state index contributed by atoms with van der Waals surface area (Å²) in [5.74, 6) is 0. The number of alkyl halides is 2. The minimum absolute atomic E-state index is 0.0897. The molecule has 0 saturated heterocycles. The summed E-state index contributed by atoms with van der Waals surface area (Å²) in [6, 6.07) is -1.05. The second kappa shape index (κ2) is 5.43. The largest absolute Gasteiger partial charge is 0.395 e. The molecule has 0 aromatic carbocycles. The van der Waals surface area contributed by atoms with E-state index >= 15 is 0 Å². The highest BCUT2D eigenvalue weighted by Crippen LogP contribution is 2.01. The molecule has 68 valence electrons. The highest BCUT2D eigenvalue weighted by molar-refractivity contribution is 4.70. The Morgan fingerprint density at radius 2 is 2.00 bits per heavy atom. The molecular formula is C7H15F2NO. The van der Waals surface area contributed by atoms with E-state index in [2.05, 4.69) is 5.32 Å². The molecule has 0 aliphatic carbocycles. The third kappa shape index (κ3) is 4.27. The number of rotatable bonds is 5. The summed E-state index contributed by atoms with van der Waals surface area (Å²) in [6.07, 6.45) is -1.70. The molecular weight excluding hydrogens is 152 g/mol. The van der Waals surface area contributed by atoms with Gasteiger partial charge >= 0.3 is 0 Å². The van der Waals surface area contributed by atoms with E-state index in [4.69, 9.17) is 5.11 Å². The predicted molar refractivity (Wildman–Crippen MR) is 39.8 cm³/mol. The van der Waals surface area contributed by atoms with Crippen molar-refractivity contribution in [3.05, 3.63) is 0 Å². The van der Waals surface area contributed by atoms with Crippen LogP contribution in [0.4, 0.5) is 8.78 Å². The van der Waals surface area contributed by atoms with Crippen molar-refractivity contribution in [2.45, 2.75) is 38.8 Å². The second-order valence-corrected chi connectivity index (χ2v) is 2.58. The molecule has 0 bridgehead atoms. The fraction of sp³-hybridized carbons (Fsp3) is 1.00. The molecule has 0 amide bonds. The van der Waals surface area contributed by atoms with Gasteiger partial charge in [0.15, 0.2) is 0 Å². The summed E-state index contributed by atoms with van der Waals surface area (Å²) in [5.41, 5.74) is 0. The first-order chi connectivity index (χ1) is 5.11. The van der Waals surface area contributed by atoms with E-state index in [1.165, 1.54) is 6.92 Å². The van der Waals surface area contributed by atoms with Gasteiger partial charge in [-0.3, -0.25) is 0 Å². The van der Waals surface area contributed by atoms with Crippen LogP contribution in [0.3, 0.4) is 0 Å². The van der Waals surface area contributed by atoms with Crippen molar-refractivity contribution in [2.24, 2.45) is 0 Å². The molecule has 0 aromatic heterocycles. The van der Waals surface area contributed by atoms with Crippen molar-refractivity contribution in [3.8, 4) is 0 Å². The monoisotopic (exact) mass is 167 g/mol. The summed E-state index contributed by atoms with van der Waals surface area (Å²) in [5, 5.41) is 11.3. The van der Waals surface area contributed by atoms with Crippen molar-refractivity contribution in [1.82, 2.24) is 5.32 Å². The zero-order chi connectivity index (χ0) is 8.85. The molecule has 2 unspecified atom stereocenters. The van der Waals surface area contributed by atoms with Crippen molar-refractivity contribution in [1.29, 1.82) is 0 Å². The molecule has 0 aliphatic heterocycles. The zero-order valence-corrected chi connectivity index (χ0v) is 6.85. The third-order valence-electron chi connectivity index (χ3n) is 1.59. The zero-order valence-electron chi connectivity index (χ0n) is 6.85. The van der Waals surface area contributed by atoms with E-state index < -0.39 is 12.5 Å². The van der Waals surface area contributed by atoms with Gasteiger partial charge in [0.25, 0.3) is 6.43 Å². The predicted octanol–water partition coefficient (Wildman–Crippen LogP) is 1.00. The van der Waals surface area contributed by atoms with Crippen LogP contribution in [0.1, 0.15) is 20.3 Å². The lowest BCUT2D eigenvalue weighted by Gasteiger charge is -2.19. The Morgan fingerprint density at radius 1 is 1.45 bits per heavy atom. The molecule has 2 nitrogen and oxygen atoms in total. The fourth-order valence-corrected chi connectivity index (χ4v) is 0.744. The molecule has 0 radical (unpaired) electrons. The van der Waals surface area contributed by atoms with E-state index in [9.17, 15) is 8.78 Å². The van der Waals surface area contributed by atoms with Gasteiger partial charge in [-0.1, -0.05) is 6.92 Å². The fourth-order valence-electron chi connectivity index (χ4n) is 0.744. The van der Waals surface area contributed by atoms with Crippen LogP contribution < -0.4 is 5.32 Å². The highest BCUT2D eigenvalue weighted by Gasteiger charge is 2.16. The molecule has 0 aromatic rings. The van der Waals surface area contributed by atoms with Gasteiger partial charge in [-0.15, -0.1) is 0 Å². The number of halogens is 2. The molecule has 0 rings (SSSR count). The van der Waals surface area contributed by atoms with Crippen LogP contribution in [-0.2, 0) is 0 Å². The molecule has 0 fully saturated rings. The maximum Gasteiger partial charge on any atom is 0.253 e. The maximum atomic E-state index is 11.9. The summed E-state index contributed by atoms with van der Waals surface area (Å²) in [7, 11) is 0. The summed E-state index contributed by atoms with van der Waals surface area (Å²) < 4.78 is 23.8. The summed E-state index contributed by atoms with van der Waals surface area (Å²) in [4.78, 5) is 0. The lowest BCUT2D eigenvalue weighted by Crippen LogP contribution is -2.42. The highest BCUT2D eigenvalue weighted by atomic mass is 19.3. The standard InChI is InChI=1S/C7H15F2NO/c1-3-6(4-11)10-5(2)7(8)9/h5-7,10-11H,3-4H2,1-2H3. The van der Waals surface area contributed by atoms with Crippen LogP contribution in [-0.4, -0.2) is 30.2 Å². The van der Waals surface area contributed by atoms with Crippen LogP contribution in [0.25, 0.3) is 0 Å². The average molecular weight is 167 g/mol. The first kappa shape index (κ1) is 10.8. The van der Waals surface area contributed by atoms with Gasteiger partial charge in [0, 0.05) is 6.04 Å². The Balaban J connectivity index is 3.62. The van der Waals surface area contributed by atoms with Crippen LogP contribution in [0.2, 0.25) is 0 Å². The van der Waals surface area contributed by atoms with E-state index in [1.54, 1.807) is 0 Å². The summed E-state index contributed by atoms with van der Waals surface area (Å²) >= 11 is 0. The Kier molecular flexibility index (Phi) is 5.32. The van der Waals surface area contributed by atoms with E-state index in [0.29, 0.717) is 6.42 Å². The second-order valence-electron chi connectivity index (χ2n) is 2.58. The third-order valence-corrected chi connectivity index (χ3v) is 1.59. The Hall–Kier alpha value is -0.220. The van der Waals surface area contributed by atoms with Crippen LogP contribution >= 0.6 is 0 Å². The van der Waals surface area contributed by atoms with Gasteiger partial charge in [0.05, 0.1) is 12.6 Å². The smallest absolute Gasteiger partial charge is 0.253 e. The first-order valence-corrected chi connectivity index (χ1v) is 3.76. The van der Waals surface area contributed by atoms with E-state index in [0.717, 1.165) is 0 Å². The first-order valence-electron chi connectivity index (χ1n) is 3.76. The Labute approximate surface area is 65.6 Å². The van der Waals surface area contributed by atoms with Crippen molar-refractivity contribution >= 4 is 0 Å². The number of nitrogens with one attached hydrogen (secondary N) is 1. The topological polar surface area (TPSA) is 32.3 Å². The lowest BCUT2D eigenvalue weighted by atomic mass is 10.2. The van der Waals surface area contributed by atoms with Gasteiger partial charge in [-0.25, -0.2) is 8.78 Å². The normalized spacial score (nSPS) is 16.9. The SMILES string of the molecule is CCC(CO)NC(C)C(F)F. The molecule has 0 aliphatic rings. The van der Waals surface area contributed by atoms with Gasteiger partial charge in [-0.2, -0.15) is 0 Å². The Bertz CT molecular complexity index is 96.4. The average Bonchev–Trinajstić information content (AvgIpc) is 1.99. The quantitative estimate of drug-likeness (QED) is 0.640. The molecule has 0 saturated carbocycles. The number of hydrogen-bond donors (Lipinski definition) is 2. The Morgan fingerprint density at radius 3 is 2.27 bits per heavy atom. The van der Waals surface area contributed by atoms with Gasteiger partial charge in [0.1, 0.15) is 0 Å². The molecule has 2 N–H and O–H groups in total.